The Kier molecular flexibility index (Phi) is 4.73. The smallest absolute Gasteiger partial charge is 0.226 e. The first-order chi connectivity index (χ1) is 11.3. The predicted molar refractivity (Wildman–Crippen MR) is 85.5 cm³/mol. The lowest BCUT2D eigenvalue weighted by atomic mass is 10.2. The third-order valence-electron chi connectivity index (χ3n) is 3.23. The molecule has 0 saturated heterocycles. The van der Waals surface area contributed by atoms with Gasteiger partial charge in [-0.05, 0) is 18.6 Å². The molecule has 3 aromatic rings. The molecule has 0 aliphatic rings. The van der Waals surface area contributed by atoms with Crippen LogP contribution in [-0.4, -0.2) is 21.0 Å². The second-order valence-electron chi connectivity index (χ2n) is 4.99. The zero-order valence-electron chi connectivity index (χ0n) is 12.5. The Morgan fingerprint density at radius 3 is 2.70 bits per heavy atom. The van der Waals surface area contributed by atoms with E-state index in [9.17, 15) is 4.79 Å². The molecule has 6 heteroatoms. The summed E-state index contributed by atoms with van der Waals surface area (Å²) in [5, 5.41) is 6.70. The molecule has 0 radical (unpaired) electrons. The van der Waals surface area contributed by atoms with Gasteiger partial charge in [-0.3, -0.25) is 4.79 Å². The van der Waals surface area contributed by atoms with Crippen molar-refractivity contribution < 1.29 is 9.32 Å². The number of carbonyl (C=O) groups is 1. The Morgan fingerprint density at radius 1 is 1.09 bits per heavy atom. The van der Waals surface area contributed by atoms with Crippen molar-refractivity contribution in [2.45, 2.75) is 19.3 Å². The van der Waals surface area contributed by atoms with Gasteiger partial charge in [0.15, 0.2) is 0 Å². The van der Waals surface area contributed by atoms with Crippen LogP contribution in [0.15, 0.2) is 59.3 Å². The van der Waals surface area contributed by atoms with Crippen LogP contribution in [0.5, 0.6) is 0 Å². The van der Waals surface area contributed by atoms with Gasteiger partial charge in [-0.15, -0.1) is 0 Å². The van der Waals surface area contributed by atoms with Crippen LogP contribution in [-0.2, 0) is 11.2 Å². The van der Waals surface area contributed by atoms with Gasteiger partial charge in [0.2, 0.25) is 17.6 Å². The standard InChI is InChI=1S/C17H16N4O2/c22-15(19-14-9-4-5-12-18-14)10-6-11-16-20-17(21-23-16)13-7-2-1-3-8-13/h1-5,7-9,12H,6,10-11H2,(H,18,19,22). The van der Waals surface area contributed by atoms with Crippen LogP contribution in [0, 0.1) is 0 Å². The van der Waals surface area contributed by atoms with Crippen molar-refractivity contribution >= 4 is 11.7 Å². The summed E-state index contributed by atoms with van der Waals surface area (Å²) < 4.78 is 5.21. The number of hydrogen-bond donors (Lipinski definition) is 1. The molecular weight excluding hydrogens is 292 g/mol. The van der Waals surface area contributed by atoms with E-state index in [0.29, 0.717) is 36.8 Å². The van der Waals surface area contributed by atoms with Gasteiger partial charge < -0.3 is 9.84 Å². The highest BCUT2D eigenvalue weighted by Gasteiger charge is 2.09. The fourth-order valence-electron chi connectivity index (χ4n) is 2.10. The molecule has 0 aliphatic carbocycles. The number of nitrogens with one attached hydrogen (secondary N) is 1. The van der Waals surface area contributed by atoms with E-state index < -0.39 is 0 Å². The Hall–Kier alpha value is -3.02. The molecule has 1 N–H and O–H groups in total. The quantitative estimate of drug-likeness (QED) is 0.756. The van der Waals surface area contributed by atoms with Gasteiger partial charge >= 0.3 is 0 Å². The maximum absolute atomic E-state index is 11.8. The first-order valence-corrected chi connectivity index (χ1v) is 7.40. The van der Waals surface area contributed by atoms with Crippen molar-refractivity contribution in [2.75, 3.05) is 5.32 Å². The molecule has 0 unspecified atom stereocenters. The first-order valence-electron chi connectivity index (χ1n) is 7.40. The number of rotatable bonds is 6. The van der Waals surface area contributed by atoms with Crippen LogP contribution in [0.1, 0.15) is 18.7 Å². The lowest BCUT2D eigenvalue weighted by Gasteiger charge is -2.02. The maximum atomic E-state index is 11.8. The summed E-state index contributed by atoms with van der Waals surface area (Å²) in [6.07, 6.45) is 3.21. The SMILES string of the molecule is O=C(CCCc1nc(-c2ccccc2)no1)Nc1ccccn1. The van der Waals surface area contributed by atoms with Crippen LogP contribution in [0.3, 0.4) is 0 Å². The third-order valence-corrected chi connectivity index (χ3v) is 3.23. The van der Waals surface area contributed by atoms with Gasteiger partial charge in [0.05, 0.1) is 0 Å². The second-order valence-corrected chi connectivity index (χ2v) is 4.99. The zero-order valence-corrected chi connectivity index (χ0v) is 12.5. The van der Waals surface area contributed by atoms with Crippen molar-refractivity contribution in [3.63, 3.8) is 0 Å². The Bertz CT molecular complexity index is 757. The molecule has 2 heterocycles. The Labute approximate surface area is 133 Å². The summed E-state index contributed by atoms with van der Waals surface area (Å²) in [4.78, 5) is 20.2. The lowest BCUT2D eigenvalue weighted by Crippen LogP contribution is -2.12. The van der Waals surface area contributed by atoms with E-state index in [0.717, 1.165) is 5.56 Å². The summed E-state index contributed by atoms with van der Waals surface area (Å²) in [6.45, 7) is 0. The molecule has 0 bridgehead atoms. The summed E-state index contributed by atoms with van der Waals surface area (Å²) >= 11 is 0. The highest BCUT2D eigenvalue weighted by Crippen LogP contribution is 2.15. The monoisotopic (exact) mass is 308 g/mol. The number of nitrogens with zero attached hydrogens (tertiary/aromatic N) is 3. The van der Waals surface area contributed by atoms with Gasteiger partial charge in [-0.2, -0.15) is 4.98 Å². The summed E-state index contributed by atoms with van der Waals surface area (Å²) in [5.74, 6) is 1.58. The zero-order chi connectivity index (χ0) is 15.9. The highest BCUT2D eigenvalue weighted by atomic mass is 16.5. The summed E-state index contributed by atoms with van der Waals surface area (Å²) in [7, 11) is 0. The average Bonchev–Trinajstić information content (AvgIpc) is 3.05. The Balaban J connectivity index is 1.48. The third kappa shape index (κ3) is 4.23. The van der Waals surface area contributed by atoms with Gasteiger partial charge in [-0.25, -0.2) is 4.98 Å². The van der Waals surface area contributed by atoms with Crippen LogP contribution >= 0.6 is 0 Å². The van der Waals surface area contributed by atoms with Crippen LogP contribution in [0.25, 0.3) is 11.4 Å². The number of carbonyl (C=O) groups excluding carboxylic acids is 1. The van der Waals surface area contributed by atoms with Crippen molar-refractivity contribution in [3.8, 4) is 11.4 Å². The molecule has 1 aromatic carbocycles. The van der Waals surface area contributed by atoms with Gasteiger partial charge in [0, 0.05) is 24.6 Å². The van der Waals surface area contributed by atoms with E-state index >= 15 is 0 Å². The molecule has 0 aliphatic heterocycles. The number of anilines is 1. The minimum absolute atomic E-state index is 0.0773. The molecule has 6 nitrogen and oxygen atoms in total. The first kappa shape index (κ1) is 14.9. The van der Waals surface area contributed by atoms with Crippen molar-refractivity contribution in [3.05, 3.63) is 60.6 Å². The number of hydrogen-bond acceptors (Lipinski definition) is 5. The molecule has 3 rings (SSSR count). The fraction of sp³-hybridized carbons (Fsp3) is 0.176. The number of amides is 1. The predicted octanol–water partition coefficient (Wildman–Crippen LogP) is 3.09. The van der Waals surface area contributed by atoms with Crippen molar-refractivity contribution in [1.82, 2.24) is 15.1 Å². The molecule has 0 atom stereocenters. The van der Waals surface area contributed by atoms with E-state index in [-0.39, 0.29) is 5.91 Å². The van der Waals surface area contributed by atoms with Gasteiger partial charge in [0.1, 0.15) is 5.82 Å². The second kappa shape index (κ2) is 7.31. The number of aromatic nitrogens is 3. The van der Waals surface area contributed by atoms with Gasteiger partial charge in [-0.1, -0.05) is 41.6 Å². The van der Waals surface area contributed by atoms with Crippen LogP contribution in [0.4, 0.5) is 5.82 Å². The topological polar surface area (TPSA) is 80.9 Å². The molecule has 23 heavy (non-hydrogen) atoms. The molecule has 2 aromatic heterocycles. The average molecular weight is 308 g/mol. The number of aryl methyl sites for hydroxylation is 1. The lowest BCUT2D eigenvalue weighted by molar-refractivity contribution is -0.116. The molecule has 0 saturated carbocycles. The largest absolute Gasteiger partial charge is 0.339 e. The Morgan fingerprint density at radius 2 is 1.91 bits per heavy atom. The summed E-state index contributed by atoms with van der Waals surface area (Å²) in [6, 6.07) is 15.0. The van der Waals surface area contributed by atoms with Crippen LogP contribution in [0.2, 0.25) is 0 Å². The van der Waals surface area contributed by atoms with E-state index in [1.54, 1.807) is 18.3 Å². The highest BCUT2D eigenvalue weighted by molar-refractivity contribution is 5.89. The van der Waals surface area contributed by atoms with E-state index in [2.05, 4.69) is 20.4 Å². The normalized spacial score (nSPS) is 10.4. The number of pyridine rings is 1. The molecule has 116 valence electrons. The summed E-state index contributed by atoms with van der Waals surface area (Å²) in [5.41, 5.74) is 0.912. The minimum Gasteiger partial charge on any atom is -0.339 e. The van der Waals surface area contributed by atoms with E-state index in [1.165, 1.54) is 0 Å². The van der Waals surface area contributed by atoms with E-state index in [4.69, 9.17) is 4.52 Å². The van der Waals surface area contributed by atoms with Gasteiger partial charge in [0.25, 0.3) is 0 Å². The van der Waals surface area contributed by atoms with Crippen LogP contribution < -0.4 is 5.32 Å². The van der Waals surface area contributed by atoms with Crippen molar-refractivity contribution in [2.24, 2.45) is 0 Å². The maximum Gasteiger partial charge on any atom is 0.226 e. The molecular formula is C17H16N4O2. The van der Waals surface area contributed by atoms with E-state index in [1.807, 2.05) is 36.4 Å². The fourth-order valence-corrected chi connectivity index (χ4v) is 2.10. The molecule has 0 fully saturated rings. The minimum atomic E-state index is -0.0773. The molecule has 0 spiro atoms. The molecule has 1 amide bonds. The number of benzene rings is 1. The van der Waals surface area contributed by atoms with Crippen molar-refractivity contribution in [1.29, 1.82) is 0 Å².